The summed E-state index contributed by atoms with van der Waals surface area (Å²) in [5.74, 6) is 0. The molecule has 0 amide bonds. The minimum Gasteiger partial charge on any atom is -0.263 e. The molecule has 4 unspecified atom stereocenters. The van der Waals surface area contributed by atoms with Gasteiger partial charge in [0.1, 0.15) is 0 Å². The Bertz CT molecular complexity index is 548. The summed E-state index contributed by atoms with van der Waals surface area (Å²) in [4.78, 5) is 40.1. The molecule has 16 heteroatoms. The standard InChI is InChI=1S/C8H16N8O8.C8H18/c17-13(18)5-3-1-2-4-9-6(14(19)20)11-8(16(23)24)12-7(10-5)15(21)22;1-3-5-7-8-6-4-2/h5-12H,1-4H2;3-8H2,1-2H3. The summed E-state index contributed by atoms with van der Waals surface area (Å²) < 4.78 is 0. The van der Waals surface area contributed by atoms with E-state index in [4.69, 9.17) is 0 Å². The number of hydrogen-bond donors (Lipinski definition) is 4. The van der Waals surface area contributed by atoms with Crippen molar-refractivity contribution in [3.63, 3.8) is 0 Å². The Kier molecular flexibility index (Phi) is 15.7. The van der Waals surface area contributed by atoms with Crippen LogP contribution in [0.4, 0.5) is 0 Å². The molecule has 4 N–H and O–H groups in total. The van der Waals surface area contributed by atoms with E-state index in [0.29, 0.717) is 6.42 Å². The number of nitrogens with one attached hydrogen (secondary N) is 4. The van der Waals surface area contributed by atoms with Gasteiger partial charge in [-0.3, -0.25) is 40.5 Å². The number of unbranched alkanes of at least 4 members (excludes halogenated alkanes) is 5. The molecule has 0 spiro atoms. The van der Waals surface area contributed by atoms with E-state index in [9.17, 15) is 40.5 Å². The molecule has 4 atom stereocenters. The number of nitrogens with zero attached hydrogens (tertiary/aromatic N) is 4. The van der Waals surface area contributed by atoms with Crippen LogP contribution in [-0.4, -0.2) is 51.3 Å². The summed E-state index contributed by atoms with van der Waals surface area (Å²) in [5.41, 5.74) is 0. The van der Waals surface area contributed by atoms with Crippen LogP contribution >= 0.6 is 0 Å². The highest BCUT2D eigenvalue weighted by Crippen LogP contribution is 2.05. The molecule has 1 heterocycles. The van der Waals surface area contributed by atoms with Crippen molar-refractivity contribution in [2.75, 3.05) is 6.54 Å². The summed E-state index contributed by atoms with van der Waals surface area (Å²) in [6.45, 7) is 4.59. The van der Waals surface area contributed by atoms with Gasteiger partial charge in [-0.25, -0.2) is 5.32 Å². The molecule has 1 aliphatic rings. The maximum absolute atomic E-state index is 11.0. The first-order chi connectivity index (χ1) is 15.1. The van der Waals surface area contributed by atoms with Crippen molar-refractivity contribution in [1.29, 1.82) is 0 Å². The summed E-state index contributed by atoms with van der Waals surface area (Å²) >= 11 is 0. The van der Waals surface area contributed by atoms with Gasteiger partial charge in [-0.05, 0) is 12.8 Å². The molecule has 0 bridgehead atoms. The minimum absolute atomic E-state index is 0.0756. The van der Waals surface area contributed by atoms with E-state index in [1.165, 1.54) is 38.5 Å². The number of rotatable bonds is 9. The third-order valence-electron chi connectivity index (χ3n) is 4.57. The lowest BCUT2D eigenvalue weighted by Gasteiger charge is -2.21. The van der Waals surface area contributed by atoms with Crippen LogP contribution in [0.2, 0.25) is 0 Å². The molecule has 1 rings (SSSR count). The SMILES string of the molecule is CCCCCCCC.O=[N+]([O-])C1CCCCNC([N+](=O)[O-])NC([N+](=O)[O-])NC([N+](=O)[O-])N1. The molecule has 0 aromatic heterocycles. The highest BCUT2D eigenvalue weighted by molar-refractivity contribution is 4.65. The monoisotopic (exact) mass is 466 g/mol. The summed E-state index contributed by atoms with van der Waals surface area (Å²) in [7, 11) is 0. The molecule has 186 valence electrons. The second-order valence-corrected chi connectivity index (χ2v) is 7.23. The first-order valence-corrected chi connectivity index (χ1v) is 10.7. The van der Waals surface area contributed by atoms with E-state index in [1.807, 2.05) is 10.6 Å². The molecule has 0 saturated carbocycles. The van der Waals surface area contributed by atoms with Gasteiger partial charge >= 0.3 is 18.9 Å². The Morgan fingerprint density at radius 1 is 0.656 bits per heavy atom. The van der Waals surface area contributed by atoms with Gasteiger partial charge in [0.2, 0.25) is 0 Å². The van der Waals surface area contributed by atoms with Crippen molar-refractivity contribution < 1.29 is 19.7 Å². The second-order valence-electron chi connectivity index (χ2n) is 7.23. The quantitative estimate of drug-likeness (QED) is 0.214. The second kappa shape index (κ2) is 17.0. The van der Waals surface area contributed by atoms with Crippen LogP contribution in [0.3, 0.4) is 0 Å². The van der Waals surface area contributed by atoms with Gasteiger partial charge in [0, 0.05) is 17.9 Å². The highest BCUT2D eigenvalue weighted by atomic mass is 16.7. The molecular weight excluding hydrogens is 432 g/mol. The lowest BCUT2D eigenvalue weighted by molar-refractivity contribution is -0.608. The minimum atomic E-state index is -2.08. The third kappa shape index (κ3) is 13.0. The van der Waals surface area contributed by atoms with Gasteiger partial charge in [0.05, 0.1) is 14.8 Å². The van der Waals surface area contributed by atoms with E-state index < -0.39 is 44.7 Å². The van der Waals surface area contributed by atoms with Crippen LogP contribution in [-0.2, 0) is 0 Å². The highest BCUT2D eigenvalue weighted by Gasteiger charge is 2.38. The Balaban J connectivity index is 0.00000102. The zero-order chi connectivity index (χ0) is 24.5. The normalized spacial score (nSPS) is 24.7. The van der Waals surface area contributed by atoms with Gasteiger partial charge in [-0.1, -0.05) is 52.4 Å². The van der Waals surface area contributed by atoms with Crippen LogP contribution in [0.1, 0.15) is 71.6 Å². The molecule has 0 radical (unpaired) electrons. The average molecular weight is 466 g/mol. The molecule has 16 nitrogen and oxygen atoms in total. The molecule has 0 aromatic carbocycles. The molecule has 1 saturated heterocycles. The zero-order valence-electron chi connectivity index (χ0n) is 18.4. The van der Waals surface area contributed by atoms with Crippen molar-refractivity contribution in [2.24, 2.45) is 0 Å². The van der Waals surface area contributed by atoms with Crippen molar-refractivity contribution in [2.45, 2.75) is 96.7 Å². The third-order valence-corrected chi connectivity index (χ3v) is 4.57. The predicted molar refractivity (Wildman–Crippen MR) is 113 cm³/mol. The van der Waals surface area contributed by atoms with E-state index in [2.05, 4.69) is 24.5 Å². The van der Waals surface area contributed by atoms with Crippen LogP contribution in [0.15, 0.2) is 0 Å². The van der Waals surface area contributed by atoms with E-state index in [-0.39, 0.29) is 19.4 Å². The van der Waals surface area contributed by atoms with Crippen molar-refractivity contribution in [1.82, 2.24) is 21.3 Å². The Morgan fingerprint density at radius 2 is 1.12 bits per heavy atom. The Labute approximate surface area is 185 Å². The zero-order valence-corrected chi connectivity index (χ0v) is 18.4. The van der Waals surface area contributed by atoms with Gasteiger partial charge in [-0.15, -0.1) is 0 Å². The van der Waals surface area contributed by atoms with Crippen molar-refractivity contribution in [3.8, 4) is 0 Å². The molecule has 32 heavy (non-hydrogen) atoms. The van der Waals surface area contributed by atoms with Crippen LogP contribution in [0, 0.1) is 40.5 Å². The van der Waals surface area contributed by atoms with Gasteiger partial charge < -0.3 is 0 Å². The number of nitro groups is 4. The van der Waals surface area contributed by atoms with E-state index in [1.54, 1.807) is 0 Å². The molecule has 1 fully saturated rings. The predicted octanol–water partition coefficient (Wildman–Crippen LogP) is 1.18. The van der Waals surface area contributed by atoms with E-state index in [0.717, 1.165) is 0 Å². The molecule has 0 aliphatic carbocycles. The first kappa shape index (κ1) is 29.4. The number of hydrogen-bond acceptors (Lipinski definition) is 12. The van der Waals surface area contributed by atoms with Gasteiger partial charge in [0.25, 0.3) is 6.17 Å². The fraction of sp³-hybridized carbons (Fsp3) is 1.00. The molecular formula is C16H34N8O8. The van der Waals surface area contributed by atoms with Crippen molar-refractivity contribution >= 4 is 0 Å². The van der Waals surface area contributed by atoms with Crippen molar-refractivity contribution in [3.05, 3.63) is 40.5 Å². The first-order valence-electron chi connectivity index (χ1n) is 10.7. The maximum Gasteiger partial charge on any atom is 0.335 e. The fourth-order valence-electron chi connectivity index (χ4n) is 2.82. The molecule has 0 aromatic rings. The fourth-order valence-corrected chi connectivity index (χ4v) is 2.82. The lowest BCUT2D eigenvalue weighted by atomic mass is 10.1. The summed E-state index contributed by atoms with van der Waals surface area (Å²) in [6.07, 6.45) is 1.63. The summed E-state index contributed by atoms with van der Waals surface area (Å²) in [5, 5.41) is 52.1. The van der Waals surface area contributed by atoms with Gasteiger partial charge in [0.15, 0.2) is 0 Å². The maximum atomic E-state index is 11.0. The van der Waals surface area contributed by atoms with E-state index >= 15 is 0 Å². The van der Waals surface area contributed by atoms with Crippen LogP contribution < -0.4 is 21.3 Å². The Hall–Kier alpha value is -2.56. The van der Waals surface area contributed by atoms with Crippen LogP contribution in [0.25, 0.3) is 0 Å². The average Bonchev–Trinajstić information content (AvgIpc) is 2.71. The molecule has 1 aliphatic heterocycles. The largest absolute Gasteiger partial charge is 0.335 e. The van der Waals surface area contributed by atoms with Gasteiger partial charge in [-0.2, -0.15) is 16.0 Å². The Morgan fingerprint density at radius 3 is 1.56 bits per heavy atom. The smallest absolute Gasteiger partial charge is 0.263 e. The lowest BCUT2D eigenvalue weighted by Crippen LogP contribution is -2.66. The summed E-state index contributed by atoms with van der Waals surface area (Å²) in [6, 6.07) is 0. The van der Waals surface area contributed by atoms with Crippen LogP contribution in [0.5, 0.6) is 0 Å². The topological polar surface area (TPSA) is 221 Å².